The Bertz CT molecular complexity index is 445. The van der Waals surface area contributed by atoms with E-state index in [0.29, 0.717) is 6.29 Å². The summed E-state index contributed by atoms with van der Waals surface area (Å²) in [6, 6.07) is -0.939. The molecule has 1 unspecified atom stereocenters. The normalized spacial score (nSPS) is 12.7. The molecule has 0 radical (unpaired) electrons. The van der Waals surface area contributed by atoms with E-state index < -0.39 is 17.7 Å². The summed E-state index contributed by atoms with van der Waals surface area (Å²) in [6.07, 6.45) is 2.51. The van der Waals surface area contributed by atoms with Gasteiger partial charge in [-0.15, -0.1) is 0 Å². The average Bonchev–Trinajstić information content (AvgIpc) is 2.23. The maximum Gasteiger partial charge on any atom is 0.408 e. The number of amides is 1. The van der Waals surface area contributed by atoms with Gasteiger partial charge >= 0.3 is 6.09 Å². The van der Waals surface area contributed by atoms with Crippen molar-refractivity contribution in [1.82, 2.24) is 15.3 Å². The molecule has 0 aliphatic carbocycles. The van der Waals surface area contributed by atoms with Gasteiger partial charge in [0, 0.05) is 0 Å². The van der Waals surface area contributed by atoms with Crippen molar-refractivity contribution in [2.45, 2.75) is 32.4 Å². The molecule has 0 saturated heterocycles. The van der Waals surface area contributed by atoms with Crippen LogP contribution >= 0.6 is 11.6 Å². The number of rotatable bonds is 3. The quantitative estimate of drug-likeness (QED) is 0.849. The second kappa shape index (κ2) is 5.77. The predicted molar refractivity (Wildman–Crippen MR) is 65.2 cm³/mol. The van der Waals surface area contributed by atoms with Gasteiger partial charge in [-0.1, -0.05) is 11.6 Å². The lowest BCUT2D eigenvalue weighted by Gasteiger charge is -2.21. The van der Waals surface area contributed by atoms with Crippen molar-refractivity contribution >= 4 is 24.0 Å². The Hall–Kier alpha value is -1.69. The first-order valence-electron chi connectivity index (χ1n) is 5.24. The molecule has 7 heteroatoms. The van der Waals surface area contributed by atoms with Crippen molar-refractivity contribution in [3.63, 3.8) is 0 Å². The Morgan fingerprint density at radius 3 is 2.67 bits per heavy atom. The van der Waals surface area contributed by atoms with Gasteiger partial charge in [-0.2, -0.15) is 0 Å². The molecule has 1 aromatic heterocycles. The van der Waals surface area contributed by atoms with E-state index in [-0.39, 0.29) is 10.8 Å². The molecule has 0 aromatic carbocycles. The van der Waals surface area contributed by atoms with Crippen molar-refractivity contribution in [1.29, 1.82) is 0 Å². The number of halogens is 1. The highest BCUT2D eigenvalue weighted by Crippen LogP contribution is 2.12. The van der Waals surface area contributed by atoms with Crippen LogP contribution < -0.4 is 5.32 Å². The Balaban J connectivity index is 2.74. The molecule has 0 aliphatic rings. The minimum absolute atomic E-state index is 0.144. The van der Waals surface area contributed by atoms with E-state index in [9.17, 15) is 9.59 Å². The zero-order valence-electron chi connectivity index (χ0n) is 10.3. The zero-order valence-corrected chi connectivity index (χ0v) is 11.1. The maximum atomic E-state index is 11.5. The summed E-state index contributed by atoms with van der Waals surface area (Å²) in [4.78, 5) is 30.1. The van der Waals surface area contributed by atoms with Crippen LogP contribution in [-0.2, 0) is 9.53 Å². The third-order valence-electron chi connectivity index (χ3n) is 1.75. The Morgan fingerprint density at radius 1 is 1.50 bits per heavy atom. The second-order valence-corrected chi connectivity index (χ2v) is 4.91. The first-order valence-corrected chi connectivity index (χ1v) is 5.62. The van der Waals surface area contributed by atoms with Crippen LogP contribution in [0.3, 0.4) is 0 Å². The molecular weight excluding hydrogens is 258 g/mol. The van der Waals surface area contributed by atoms with Gasteiger partial charge in [-0.05, 0) is 20.8 Å². The summed E-state index contributed by atoms with van der Waals surface area (Å²) in [5.74, 6) is 0. The molecule has 0 aliphatic heterocycles. The van der Waals surface area contributed by atoms with Crippen molar-refractivity contribution in [2.75, 3.05) is 0 Å². The van der Waals surface area contributed by atoms with E-state index in [4.69, 9.17) is 16.3 Å². The first kappa shape index (κ1) is 14.4. The Labute approximate surface area is 110 Å². The lowest BCUT2D eigenvalue weighted by atomic mass is 10.2. The summed E-state index contributed by atoms with van der Waals surface area (Å²) in [7, 11) is 0. The predicted octanol–water partition coefficient (Wildman–Crippen LogP) is 1.89. The van der Waals surface area contributed by atoms with Crippen molar-refractivity contribution in [3.8, 4) is 0 Å². The van der Waals surface area contributed by atoms with Gasteiger partial charge in [-0.25, -0.2) is 9.78 Å². The fraction of sp³-hybridized carbons (Fsp3) is 0.455. The molecule has 0 spiro atoms. The minimum atomic E-state index is -0.939. The molecule has 18 heavy (non-hydrogen) atoms. The van der Waals surface area contributed by atoms with Crippen LogP contribution in [0.25, 0.3) is 0 Å². The third kappa shape index (κ3) is 4.67. The van der Waals surface area contributed by atoms with Crippen LogP contribution in [0.2, 0.25) is 5.15 Å². The van der Waals surface area contributed by atoms with E-state index >= 15 is 0 Å². The highest BCUT2D eigenvalue weighted by atomic mass is 35.5. The van der Waals surface area contributed by atoms with Crippen molar-refractivity contribution in [2.24, 2.45) is 0 Å². The van der Waals surface area contributed by atoms with Gasteiger partial charge in [-0.3, -0.25) is 4.98 Å². The molecule has 1 heterocycles. The van der Waals surface area contributed by atoms with E-state index in [1.165, 1.54) is 12.4 Å². The number of alkyl carbamates (subject to hydrolysis) is 1. The van der Waals surface area contributed by atoms with Crippen LogP contribution in [0.4, 0.5) is 4.79 Å². The highest BCUT2D eigenvalue weighted by molar-refractivity contribution is 6.29. The standard InChI is InChI=1S/C11H14ClN3O3/c1-11(2,3)18-10(17)15-8(6-16)7-4-13-5-9(12)14-7/h4-6,8H,1-3H3,(H,15,17). The highest BCUT2D eigenvalue weighted by Gasteiger charge is 2.21. The molecule has 6 nitrogen and oxygen atoms in total. The molecule has 0 fully saturated rings. The molecule has 0 bridgehead atoms. The van der Waals surface area contributed by atoms with Gasteiger partial charge in [0.2, 0.25) is 0 Å². The SMILES string of the molecule is CC(C)(C)OC(=O)NC(C=O)c1cncc(Cl)n1. The topological polar surface area (TPSA) is 81.2 Å². The van der Waals surface area contributed by atoms with E-state index in [2.05, 4.69) is 15.3 Å². The number of aldehydes is 1. The number of ether oxygens (including phenoxy) is 1. The zero-order chi connectivity index (χ0) is 13.8. The molecule has 1 rings (SSSR count). The fourth-order valence-electron chi connectivity index (χ4n) is 1.12. The number of carbonyl (C=O) groups is 2. The van der Waals surface area contributed by atoms with E-state index in [1.54, 1.807) is 20.8 Å². The number of nitrogens with one attached hydrogen (secondary N) is 1. The van der Waals surface area contributed by atoms with Gasteiger partial charge in [0.1, 0.15) is 23.1 Å². The minimum Gasteiger partial charge on any atom is -0.444 e. The summed E-state index contributed by atoms with van der Waals surface area (Å²) >= 11 is 5.66. The third-order valence-corrected chi connectivity index (χ3v) is 1.93. The summed E-state index contributed by atoms with van der Waals surface area (Å²) in [5.41, 5.74) is -0.388. The van der Waals surface area contributed by atoms with Gasteiger partial charge in [0.15, 0.2) is 0 Å². The fourth-order valence-corrected chi connectivity index (χ4v) is 1.27. The van der Waals surface area contributed by atoms with Gasteiger partial charge < -0.3 is 14.8 Å². The number of aromatic nitrogens is 2. The van der Waals surface area contributed by atoms with Crippen LogP contribution in [0.5, 0.6) is 0 Å². The number of nitrogens with zero attached hydrogens (tertiary/aromatic N) is 2. The summed E-state index contributed by atoms with van der Waals surface area (Å²) in [5, 5.41) is 2.52. The molecule has 98 valence electrons. The maximum absolute atomic E-state index is 11.5. The van der Waals surface area contributed by atoms with Gasteiger partial charge in [0.05, 0.1) is 18.1 Å². The van der Waals surface area contributed by atoms with Crippen molar-refractivity contribution < 1.29 is 14.3 Å². The molecular formula is C11H14ClN3O3. The Morgan fingerprint density at radius 2 is 2.17 bits per heavy atom. The van der Waals surface area contributed by atoms with Crippen molar-refractivity contribution in [3.05, 3.63) is 23.2 Å². The second-order valence-electron chi connectivity index (χ2n) is 4.53. The number of hydrogen-bond acceptors (Lipinski definition) is 5. The van der Waals surface area contributed by atoms with E-state index in [0.717, 1.165) is 0 Å². The molecule has 1 N–H and O–H groups in total. The van der Waals surface area contributed by atoms with E-state index in [1.807, 2.05) is 0 Å². The number of carbonyl (C=O) groups excluding carboxylic acids is 2. The monoisotopic (exact) mass is 271 g/mol. The van der Waals surface area contributed by atoms with Crippen LogP contribution in [0.1, 0.15) is 32.5 Å². The van der Waals surface area contributed by atoms with Crippen LogP contribution in [-0.4, -0.2) is 27.9 Å². The molecule has 1 aromatic rings. The van der Waals surface area contributed by atoms with Crippen LogP contribution in [0.15, 0.2) is 12.4 Å². The van der Waals surface area contributed by atoms with Gasteiger partial charge in [0.25, 0.3) is 0 Å². The smallest absolute Gasteiger partial charge is 0.408 e. The summed E-state index contributed by atoms with van der Waals surface area (Å²) < 4.78 is 5.03. The van der Waals surface area contributed by atoms with Crippen LogP contribution in [0, 0.1) is 0 Å². The largest absolute Gasteiger partial charge is 0.444 e. The molecule has 0 saturated carbocycles. The number of hydrogen-bond donors (Lipinski definition) is 1. The molecule has 1 amide bonds. The first-order chi connectivity index (χ1) is 8.31. The Kier molecular flexibility index (Phi) is 4.61. The molecule has 1 atom stereocenters. The summed E-state index contributed by atoms with van der Waals surface area (Å²) in [6.45, 7) is 5.17. The lowest BCUT2D eigenvalue weighted by Crippen LogP contribution is -2.35. The average molecular weight is 272 g/mol. The lowest BCUT2D eigenvalue weighted by molar-refractivity contribution is -0.109.